The van der Waals surface area contributed by atoms with Gasteiger partial charge in [0, 0.05) is 24.3 Å². The van der Waals surface area contributed by atoms with Crippen molar-refractivity contribution in [1.82, 2.24) is 14.9 Å². The fourth-order valence-corrected chi connectivity index (χ4v) is 2.59. The monoisotopic (exact) mass is 234 g/mol. The molecule has 2 atom stereocenters. The minimum Gasteiger partial charge on any atom is -0.326 e. The molecule has 1 aromatic rings. The average molecular weight is 234 g/mol. The standard InChI is InChI=1S/C13H22N4/c1-9-15-7-5-11(16-9)12-10(14)6-8-17(12)13(2,3)4/h5,7,10,12H,6,8,14H2,1-4H3. The predicted octanol–water partition coefficient (Wildman–Crippen LogP) is 1.66. The van der Waals surface area contributed by atoms with Crippen molar-refractivity contribution in [3.8, 4) is 0 Å². The zero-order chi connectivity index (χ0) is 12.6. The van der Waals surface area contributed by atoms with Crippen LogP contribution in [0.3, 0.4) is 0 Å². The summed E-state index contributed by atoms with van der Waals surface area (Å²) in [6.07, 6.45) is 2.86. The first kappa shape index (κ1) is 12.5. The summed E-state index contributed by atoms with van der Waals surface area (Å²) < 4.78 is 0. The molecule has 0 radical (unpaired) electrons. The molecule has 0 bridgehead atoms. The molecule has 0 aliphatic carbocycles. The molecule has 1 aromatic heterocycles. The Hall–Kier alpha value is -1.00. The summed E-state index contributed by atoms with van der Waals surface area (Å²) in [5.74, 6) is 0.815. The Labute approximate surface area is 103 Å². The summed E-state index contributed by atoms with van der Waals surface area (Å²) >= 11 is 0. The molecule has 0 saturated carbocycles. The van der Waals surface area contributed by atoms with Gasteiger partial charge < -0.3 is 5.73 Å². The highest BCUT2D eigenvalue weighted by atomic mass is 15.3. The Kier molecular flexibility index (Phi) is 3.19. The summed E-state index contributed by atoms with van der Waals surface area (Å²) in [5, 5.41) is 0. The lowest BCUT2D eigenvalue weighted by Gasteiger charge is -2.37. The number of rotatable bonds is 1. The van der Waals surface area contributed by atoms with Gasteiger partial charge in [0.05, 0.1) is 11.7 Å². The molecule has 0 aromatic carbocycles. The van der Waals surface area contributed by atoms with Crippen molar-refractivity contribution in [3.63, 3.8) is 0 Å². The van der Waals surface area contributed by atoms with Crippen LogP contribution in [0.5, 0.6) is 0 Å². The van der Waals surface area contributed by atoms with Gasteiger partial charge in [0.15, 0.2) is 0 Å². The molecule has 4 nitrogen and oxygen atoms in total. The highest BCUT2D eigenvalue weighted by Crippen LogP contribution is 2.35. The van der Waals surface area contributed by atoms with E-state index in [4.69, 9.17) is 5.73 Å². The first-order chi connectivity index (χ1) is 7.89. The summed E-state index contributed by atoms with van der Waals surface area (Å²) in [6.45, 7) is 9.65. The van der Waals surface area contributed by atoms with Crippen LogP contribution in [0, 0.1) is 6.92 Å². The van der Waals surface area contributed by atoms with Crippen LogP contribution >= 0.6 is 0 Å². The predicted molar refractivity (Wildman–Crippen MR) is 68.6 cm³/mol. The second-order valence-corrected chi connectivity index (χ2v) is 5.79. The van der Waals surface area contributed by atoms with Crippen molar-refractivity contribution in [1.29, 1.82) is 0 Å². The van der Waals surface area contributed by atoms with Crippen molar-refractivity contribution >= 4 is 0 Å². The van der Waals surface area contributed by atoms with E-state index in [0.29, 0.717) is 0 Å². The minimum atomic E-state index is 0.123. The Morgan fingerprint density at radius 1 is 1.41 bits per heavy atom. The summed E-state index contributed by atoms with van der Waals surface area (Å²) in [7, 11) is 0. The third-order valence-electron chi connectivity index (χ3n) is 3.41. The van der Waals surface area contributed by atoms with E-state index < -0.39 is 0 Å². The highest BCUT2D eigenvalue weighted by Gasteiger charge is 2.39. The average Bonchev–Trinajstić information content (AvgIpc) is 2.59. The molecule has 1 aliphatic rings. The second-order valence-electron chi connectivity index (χ2n) is 5.79. The number of aromatic nitrogens is 2. The summed E-state index contributed by atoms with van der Waals surface area (Å²) in [4.78, 5) is 11.1. The lowest BCUT2D eigenvalue weighted by molar-refractivity contribution is 0.114. The van der Waals surface area contributed by atoms with Crippen molar-refractivity contribution in [2.45, 2.75) is 51.7 Å². The zero-order valence-corrected chi connectivity index (χ0v) is 11.1. The van der Waals surface area contributed by atoms with Crippen LogP contribution in [0.2, 0.25) is 0 Å². The van der Waals surface area contributed by atoms with E-state index >= 15 is 0 Å². The maximum Gasteiger partial charge on any atom is 0.125 e. The van der Waals surface area contributed by atoms with Crippen LogP contribution < -0.4 is 5.73 Å². The Balaban J connectivity index is 2.34. The van der Waals surface area contributed by atoms with Crippen LogP contribution in [-0.2, 0) is 0 Å². The number of nitrogens with two attached hydrogens (primary N) is 1. The number of likely N-dealkylation sites (tertiary alicyclic amines) is 1. The van der Waals surface area contributed by atoms with E-state index in [2.05, 4.69) is 35.6 Å². The van der Waals surface area contributed by atoms with Gasteiger partial charge in [0.1, 0.15) is 5.82 Å². The molecule has 2 rings (SSSR count). The Morgan fingerprint density at radius 3 is 2.71 bits per heavy atom. The van der Waals surface area contributed by atoms with Gasteiger partial charge in [-0.05, 0) is 40.2 Å². The number of hydrogen-bond acceptors (Lipinski definition) is 4. The molecule has 17 heavy (non-hydrogen) atoms. The van der Waals surface area contributed by atoms with Gasteiger partial charge in [-0.3, -0.25) is 4.90 Å². The molecular weight excluding hydrogens is 212 g/mol. The topological polar surface area (TPSA) is 55.0 Å². The van der Waals surface area contributed by atoms with E-state index in [-0.39, 0.29) is 17.6 Å². The number of aryl methyl sites for hydroxylation is 1. The molecule has 0 amide bonds. The van der Waals surface area contributed by atoms with E-state index in [1.54, 1.807) is 0 Å². The van der Waals surface area contributed by atoms with E-state index in [9.17, 15) is 0 Å². The van der Waals surface area contributed by atoms with Gasteiger partial charge in [-0.25, -0.2) is 9.97 Å². The fraction of sp³-hybridized carbons (Fsp3) is 0.692. The van der Waals surface area contributed by atoms with Crippen LogP contribution in [-0.4, -0.2) is 33.0 Å². The molecule has 2 N–H and O–H groups in total. The molecule has 1 aliphatic heterocycles. The fourth-order valence-electron chi connectivity index (χ4n) is 2.59. The van der Waals surface area contributed by atoms with Gasteiger partial charge in [0.2, 0.25) is 0 Å². The number of nitrogens with zero attached hydrogens (tertiary/aromatic N) is 3. The van der Waals surface area contributed by atoms with Crippen LogP contribution in [0.4, 0.5) is 0 Å². The molecule has 2 heterocycles. The normalized spacial score (nSPS) is 26.4. The first-order valence-corrected chi connectivity index (χ1v) is 6.21. The molecule has 1 saturated heterocycles. The van der Waals surface area contributed by atoms with Gasteiger partial charge in [-0.15, -0.1) is 0 Å². The van der Waals surface area contributed by atoms with Crippen LogP contribution in [0.15, 0.2) is 12.3 Å². The molecule has 94 valence electrons. The van der Waals surface area contributed by atoms with E-state index in [1.807, 2.05) is 19.2 Å². The van der Waals surface area contributed by atoms with Crippen LogP contribution in [0.25, 0.3) is 0 Å². The van der Waals surface area contributed by atoms with Gasteiger partial charge in [-0.2, -0.15) is 0 Å². The van der Waals surface area contributed by atoms with Crippen LogP contribution in [0.1, 0.15) is 44.8 Å². The Bertz CT molecular complexity index is 397. The SMILES string of the molecule is Cc1nccc(C2C(N)CCN2C(C)(C)C)n1. The van der Waals surface area contributed by atoms with E-state index in [1.165, 1.54) is 0 Å². The maximum absolute atomic E-state index is 6.25. The van der Waals surface area contributed by atoms with Gasteiger partial charge in [0.25, 0.3) is 0 Å². The quantitative estimate of drug-likeness (QED) is 0.803. The lowest BCUT2D eigenvalue weighted by Crippen LogP contribution is -2.43. The summed E-state index contributed by atoms with van der Waals surface area (Å²) in [6, 6.07) is 2.38. The third-order valence-corrected chi connectivity index (χ3v) is 3.41. The molecular formula is C13H22N4. The van der Waals surface area contributed by atoms with Gasteiger partial charge in [-0.1, -0.05) is 0 Å². The molecule has 2 unspecified atom stereocenters. The molecule has 1 fully saturated rings. The minimum absolute atomic E-state index is 0.123. The smallest absolute Gasteiger partial charge is 0.125 e. The third kappa shape index (κ3) is 2.48. The largest absolute Gasteiger partial charge is 0.326 e. The lowest BCUT2D eigenvalue weighted by atomic mass is 10.0. The highest BCUT2D eigenvalue weighted by molar-refractivity contribution is 5.14. The van der Waals surface area contributed by atoms with Crippen molar-refractivity contribution in [2.75, 3.05) is 6.54 Å². The second kappa shape index (κ2) is 4.35. The zero-order valence-electron chi connectivity index (χ0n) is 11.1. The Morgan fingerprint density at radius 2 is 2.12 bits per heavy atom. The maximum atomic E-state index is 6.25. The first-order valence-electron chi connectivity index (χ1n) is 6.21. The number of hydrogen-bond donors (Lipinski definition) is 1. The van der Waals surface area contributed by atoms with Crippen molar-refractivity contribution in [3.05, 3.63) is 23.8 Å². The van der Waals surface area contributed by atoms with Crippen molar-refractivity contribution < 1.29 is 0 Å². The van der Waals surface area contributed by atoms with Crippen molar-refractivity contribution in [2.24, 2.45) is 5.73 Å². The van der Waals surface area contributed by atoms with Gasteiger partial charge >= 0.3 is 0 Å². The molecule has 4 heteroatoms. The van der Waals surface area contributed by atoms with E-state index in [0.717, 1.165) is 24.5 Å². The summed E-state index contributed by atoms with van der Waals surface area (Å²) in [5.41, 5.74) is 7.42. The molecule has 0 spiro atoms.